The molecule has 4 rings (SSSR count). The number of amides is 3. The molecule has 1 aliphatic heterocycles. The van der Waals surface area contributed by atoms with Crippen LogP contribution >= 0.6 is 0 Å². The van der Waals surface area contributed by atoms with Crippen LogP contribution in [0.15, 0.2) is 54.7 Å². The number of ether oxygens (including phenoxy) is 1. The van der Waals surface area contributed by atoms with Crippen molar-refractivity contribution in [1.29, 1.82) is 0 Å². The Hall–Kier alpha value is -4.88. The highest BCUT2D eigenvalue weighted by molar-refractivity contribution is 5.97. The number of likely N-dealkylation sites (tertiary alicyclic amines) is 1. The van der Waals surface area contributed by atoms with E-state index in [1.807, 2.05) is 0 Å². The van der Waals surface area contributed by atoms with Gasteiger partial charge in [0.2, 0.25) is 0 Å². The van der Waals surface area contributed by atoms with Gasteiger partial charge in [0.25, 0.3) is 11.8 Å². The number of nitrogens with zero attached hydrogens (tertiary/aromatic N) is 3. The number of carboxylic acid groups (broad SMARTS) is 1. The molecule has 0 radical (unpaired) electrons. The standard InChI is InChI=1S/C25H23F3N6O5/c26-25(27,28)39-18-6-4-14(5-7-18)11-31-22(35)16-3-1-2-15(10-16)19-12-30-21(29)20(33-19)23(36)32-17-8-9-34(13-17)24(37)38/h1-7,10,12,17H,8-9,11,13H2,(H2,29,30)(H,31,35)(H,32,36)(H,37,38)/t17-/m0/s1. The third-order valence-corrected chi connectivity index (χ3v) is 5.84. The number of benzene rings is 2. The molecule has 2 heterocycles. The first-order chi connectivity index (χ1) is 18.5. The number of nitrogens with two attached hydrogens (primary N) is 1. The number of alkyl halides is 3. The van der Waals surface area contributed by atoms with Gasteiger partial charge in [0.05, 0.1) is 11.9 Å². The summed E-state index contributed by atoms with van der Waals surface area (Å²) in [6, 6.07) is 11.1. The predicted molar refractivity (Wildman–Crippen MR) is 132 cm³/mol. The van der Waals surface area contributed by atoms with Crippen molar-refractivity contribution < 1.29 is 37.4 Å². The quantitative estimate of drug-likeness (QED) is 0.353. The number of nitrogen functional groups attached to an aromatic ring is 1. The molecule has 0 spiro atoms. The van der Waals surface area contributed by atoms with Crippen LogP contribution in [0.1, 0.15) is 32.8 Å². The van der Waals surface area contributed by atoms with Gasteiger partial charge in [-0.3, -0.25) is 9.59 Å². The second kappa shape index (κ2) is 11.2. The van der Waals surface area contributed by atoms with Gasteiger partial charge >= 0.3 is 12.5 Å². The van der Waals surface area contributed by atoms with Crippen molar-refractivity contribution >= 4 is 23.7 Å². The highest BCUT2D eigenvalue weighted by Crippen LogP contribution is 2.23. The van der Waals surface area contributed by atoms with E-state index in [9.17, 15) is 27.6 Å². The van der Waals surface area contributed by atoms with Gasteiger partial charge in [-0.15, -0.1) is 13.2 Å². The first kappa shape index (κ1) is 27.2. The Morgan fingerprint density at radius 1 is 1.13 bits per heavy atom. The third kappa shape index (κ3) is 7.12. The van der Waals surface area contributed by atoms with Gasteiger partial charge < -0.3 is 31.1 Å². The van der Waals surface area contributed by atoms with Crippen LogP contribution in [0.25, 0.3) is 11.3 Å². The lowest BCUT2D eigenvalue weighted by Gasteiger charge is -2.14. The maximum absolute atomic E-state index is 12.8. The van der Waals surface area contributed by atoms with Crippen LogP contribution in [0.4, 0.5) is 23.8 Å². The Balaban J connectivity index is 1.41. The number of rotatable bonds is 7. The molecule has 39 heavy (non-hydrogen) atoms. The van der Waals surface area contributed by atoms with Crippen LogP contribution in [0.3, 0.4) is 0 Å². The fourth-order valence-electron chi connectivity index (χ4n) is 3.92. The largest absolute Gasteiger partial charge is 0.573 e. The molecule has 0 bridgehead atoms. The van der Waals surface area contributed by atoms with Crippen molar-refractivity contribution in [3.05, 3.63) is 71.5 Å². The zero-order valence-corrected chi connectivity index (χ0v) is 20.2. The number of anilines is 1. The topological polar surface area (TPSA) is 160 Å². The zero-order chi connectivity index (χ0) is 28.2. The van der Waals surface area contributed by atoms with Gasteiger partial charge in [-0.2, -0.15) is 0 Å². The number of aromatic nitrogens is 2. The summed E-state index contributed by atoms with van der Waals surface area (Å²) in [4.78, 5) is 46.1. The number of halogens is 3. The molecule has 14 heteroatoms. The summed E-state index contributed by atoms with van der Waals surface area (Å²) in [5.41, 5.74) is 7.33. The van der Waals surface area contributed by atoms with E-state index >= 15 is 0 Å². The van der Waals surface area contributed by atoms with E-state index in [0.717, 1.165) is 12.1 Å². The average Bonchev–Trinajstić information content (AvgIpc) is 3.36. The first-order valence-electron chi connectivity index (χ1n) is 11.6. The summed E-state index contributed by atoms with van der Waals surface area (Å²) in [5, 5.41) is 14.5. The van der Waals surface area contributed by atoms with Crippen molar-refractivity contribution in [2.75, 3.05) is 18.8 Å². The van der Waals surface area contributed by atoms with E-state index < -0.39 is 24.3 Å². The molecule has 5 N–H and O–H groups in total. The molecule has 0 aliphatic carbocycles. The lowest BCUT2D eigenvalue weighted by atomic mass is 10.1. The molecule has 11 nitrogen and oxygen atoms in total. The summed E-state index contributed by atoms with van der Waals surface area (Å²) >= 11 is 0. The van der Waals surface area contributed by atoms with Gasteiger partial charge in [0.15, 0.2) is 11.5 Å². The number of hydrogen-bond acceptors (Lipinski definition) is 7. The molecule has 3 amide bonds. The number of hydrogen-bond donors (Lipinski definition) is 4. The van der Waals surface area contributed by atoms with Crippen LogP contribution in [-0.4, -0.2) is 63.4 Å². The second-order valence-electron chi connectivity index (χ2n) is 8.63. The summed E-state index contributed by atoms with van der Waals surface area (Å²) in [6.07, 6.45) is -4.05. The fourth-order valence-corrected chi connectivity index (χ4v) is 3.92. The highest BCUT2D eigenvalue weighted by Gasteiger charge is 2.31. The maximum Gasteiger partial charge on any atom is 0.573 e. The fraction of sp³-hybridized carbons (Fsp3) is 0.240. The molecule has 0 unspecified atom stereocenters. The highest BCUT2D eigenvalue weighted by atomic mass is 19.4. The predicted octanol–water partition coefficient (Wildman–Crippen LogP) is 3.04. The monoisotopic (exact) mass is 544 g/mol. The van der Waals surface area contributed by atoms with Gasteiger partial charge in [-0.1, -0.05) is 24.3 Å². The van der Waals surface area contributed by atoms with Crippen molar-refractivity contribution in [3.8, 4) is 17.0 Å². The Kier molecular flexibility index (Phi) is 7.83. The smallest absolute Gasteiger partial charge is 0.465 e. The molecule has 1 saturated heterocycles. The van der Waals surface area contributed by atoms with E-state index in [-0.39, 0.29) is 47.7 Å². The van der Waals surface area contributed by atoms with Crippen LogP contribution in [0, 0.1) is 0 Å². The van der Waals surface area contributed by atoms with Crippen LogP contribution < -0.4 is 21.1 Å². The van der Waals surface area contributed by atoms with Crippen LogP contribution in [0.2, 0.25) is 0 Å². The third-order valence-electron chi connectivity index (χ3n) is 5.84. The summed E-state index contributed by atoms with van der Waals surface area (Å²) in [5.74, 6) is -1.52. The Morgan fingerprint density at radius 3 is 2.54 bits per heavy atom. The van der Waals surface area contributed by atoms with Crippen molar-refractivity contribution in [3.63, 3.8) is 0 Å². The maximum atomic E-state index is 12.8. The van der Waals surface area contributed by atoms with Gasteiger partial charge in [0, 0.05) is 36.8 Å². The lowest BCUT2D eigenvalue weighted by molar-refractivity contribution is -0.274. The Morgan fingerprint density at radius 2 is 1.87 bits per heavy atom. The molecule has 1 aromatic heterocycles. The van der Waals surface area contributed by atoms with E-state index in [1.54, 1.807) is 24.3 Å². The molecule has 2 aromatic carbocycles. The van der Waals surface area contributed by atoms with E-state index in [4.69, 9.17) is 10.8 Å². The number of nitrogens with one attached hydrogen (secondary N) is 2. The van der Waals surface area contributed by atoms with Crippen LogP contribution in [0.5, 0.6) is 5.75 Å². The van der Waals surface area contributed by atoms with Gasteiger partial charge in [-0.25, -0.2) is 14.8 Å². The second-order valence-corrected chi connectivity index (χ2v) is 8.63. The SMILES string of the molecule is Nc1ncc(-c2cccc(C(=O)NCc3ccc(OC(F)(F)F)cc3)c2)nc1C(=O)N[C@H]1CCN(C(=O)O)C1. The van der Waals surface area contributed by atoms with Crippen molar-refractivity contribution in [1.82, 2.24) is 25.5 Å². The molecular formula is C25H23F3N6O5. The minimum absolute atomic E-state index is 0.0574. The van der Waals surface area contributed by atoms with E-state index in [2.05, 4.69) is 25.3 Å². The molecule has 1 atom stereocenters. The molecule has 204 valence electrons. The Labute approximate surface area is 219 Å². The Bertz CT molecular complexity index is 1380. The molecule has 0 saturated carbocycles. The van der Waals surface area contributed by atoms with Crippen molar-refractivity contribution in [2.45, 2.75) is 25.4 Å². The van der Waals surface area contributed by atoms with Crippen LogP contribution in [-0.2, 0) is 6.54 Å². The molecule has 1 fully saturated rings. The van der Waals surface area contributed by atoms with Gasteiger partial charge in [0.1, 0.15) is 5.75 Å². The lowest BCUT2D eigenvalue weighted by Crippen LogP contribution is -2.38. The van der Waals surface area contributed by atoms with Gasteiger partial charge in [-0.05, 0) is 36.2 Å². The average molecular weight is 544 g/mol. The van der Waals surface area contributed by atoms with E-state index in [0.29, 0.717) is 24.1 Å². The summed E-state index contributed by atoms with van der Waals surface area (Å²) in [7, 11) is 0. The summed E-state index contributed by atoms with van der Waals surface area (Å²) in [6.45, 7) is 0.507. The zero-order valence-electron chi connectivity index (χ0n) is 20.2. The number of carbonyl (C=O) groups excluding carboxylic acids is 2. The van der Waals surface area contributed by atoms with E-state index in [1.165, 1.54) is 23.2 Å². The normalized spacial score (nSPS) is 15.1. The molecule has 1 aliphatic rings. The first-order valence-corrected chi connectivity index (χ1v) is 11.6. The van der Waals surface area contributed by atoms with Crippen molar-refractivity contribution in [2.24, 2.45) is 0 Å². The summed E-state index contributed by atoms with van der Waals surface area (Å²) < 4.78 is 40.7. The molecular weight excluding hydrogens is 521 g/mol. The molecule has 3 aromatic rings. The minimum atomic E-state index is -4.79. The number of carbonyl (C=O) groups is 3. The minimum Gasteiger partial charge on any atom is -0.465 e.